The molecule has 84 valence electrons. The minimum absolute atomic E-state index is 0.0787. The highest BCUT2D eigenvalue weighted by Crippen LogP contribution is 1.93. The molecule has 0 unspecified atom stereocenters. The Morgan fingerprint density at radius 1 is 1.06 bits per heavy atom. The van der Waals surface area contributed by atoms with Crippen molar-refractivity contribution < 1.29 is 9.59 Å². The van der Waals surface area contributed by atoms with Gasteiger partial charge < -0.3 is 15.7 Å². The summed E-state index contributed by atoms with van der Waals surface area (Å²) in [6.07, 6.45) is 3.39. The molecular formula is C11H13N3O2. The number of nitrogens with two attached hydrogens (primary N) is 1. The highest BCUT2D eigenvalue weighted by molar-refractivity contribution is 5.92. The summed E-state index contributed by atoms with van der Waals surface area (Å²) in [5.41, 5.74) is 6.01. The molecule has 2 aromatic heterocycles. The molecule has 0 aliphatic carbocycles. The van der Waals surface area contributed by atoms with Crippen molar-refractivity contribution in [2.24, 2.45) is 5.73 Å². The van der Waals surface area contributed by atoms with Crippen LogP contribution in [0.4, 0.5) is 0 Å². The molecule has 2 aromatic rings. The molecule has 0 atom stereocenters. The van der Waals surface area contributed by atoms with Crippen LogP contribution in [-0.4, -0.2) is 21.7 Å². The fraction of sp³-hybridized carbons (Fsp3) is 0.0909. The van der Waals surface area contributed by atoms with Gasteiger partial charge in [-0.2, -0.15) is 0 Å². The van der Waals surface area contributed by atoms with Crippen LogP contribution in [0.15, 0.2) is 36.7 Å². The first-order valence-corrected chi connectivity index (χ1v) is 4.68. The van der Waals surface area contributed by atoms with Crippen molar-refractivity contribution >= 4 is 11.7 Å². The van der Waals surface area contributed by atoms with Crippen LogP contribution >= 0.6 is 0 Å². The smallest absolute Gasteiger partial charge is 0.265 e. The van der Waals surface area contributed by atoms with E-state index in [1.54, 1.807) is 36.7 Å². The SMILES string of the molecule is CC(=O)c1ccc[nH]1.NC(=O)c1ccc[nH]1. The van der Waals surface area contributed by atoms with E-state index in [1.807, 2.05) is 0 Å². The van der Waals surface area contributed by atoms with E-state index in [2.05, 4.69) is 9.97 Å². The fourth-order valence-electron chi connectivity index (χ4n) is 1.03. The van der Waals surface area contributed by atoms with Crippen LogP contribution in [0.1, 0.15) is 27.9 Å². The van der Waals surface area contributed by atoms with Crippen molar-refractivity contribution in [3.8, 4) is 0 Å². The maximum Gasteiger partial charge on any atom is 0.265 e. The Hall–Kier alpha value is -2.30. The molecule has 0 bridgehead atoms. The standard InChI is InChI=1S/C6H7NO.C5H6N2O/c1-5(8)6-3-2-4-7-6;6-5(8)4-2-1-3-7-4/h2-4,7H,1H3;1-3,7H,(H2,6,8). The van der Waals surface area contributed by atoms with Gasteiger partial charge >= 0.3 is 0 Å². The van der Waals surface area contributed by atoms with Crippen molar-refractivity contribution in [1.29, 1.82) is 0 Å². The maximum atomic E-state index is 10.5. The molecule has 5 nitrogen and oxygen atoms in total. The lowest BCUT2D eigenvalue weighted by molar-refractivity contribution is 0.0992. The van der Waals surface area contributed by atoms with Crippen molar-refractivity contribution in [1.82, 2.24) is 9.97 Å². The largest absolute Gasteiger partial charge is 0.364 e. The Morgan fingerprint density at radius 2 is 1.56 bits per heavy atom. The second-order valence-corrected chi connectivity index (χ2v) is 3.09. The normalized spacial score (nSPS) is 9.06. The van der Waals surface area contributed by atoms with Gasteiger partial charge in [0.2, 0.25) is 0 Å². The van der Waals surface area contributed by atoms with Gasteiger partial charge in [0.25, 0.3) is 5.91 Å². The summed E-state index contributed by atoms with van der Waals surface area (Å²) < 4.78 is 0. The Labute approximate surface area is 92.7 Å². The monoisotopic (exact) mass is 219 g/mol. The number of nitrogens with one attached hydrogen (secondary N) is 2. The number of H-pyrrole nitrogens is 2. The zero-order chi connectivity index (χ0) is 12.0. The number of aromatic amines is 2. The van der Waals surface area contributed by atoms with Gasteiger partial charge in [-0.05, 0) is 24.3 Å². The van der Waals surface area contributed by atoms with Gasteiger partial charge in [0.15, 0.2) is 5.78 Å². The molecule has 0 spiro atoms. The van der Waals surface area contributed by atoms with E-state index in [0.29, 0.717) is 11.4 Å². The van der Waals surface area contributed by atoms with Crippen molar-refractivity contribution in [3.63, 3.8) is 0 Å². The average molecular weight is 219 g/mol. The molecule has 5 heteroatoms. The third-order valence-electron chi connectivity index (χ3n) is 1.84. The number of ketones is 1. The van der Waals surface area contributed by atoms with Gasteiger partial charge in [-0.1, -0.05) is 0 Å². The van der Waals surface area contributed by atoms with Crippen molar-refractivity contribution in [2.75, 3.05) is 0 Å². The summed E-state index contributed by atoms with van der Waals surface area (Å²) in [6.45, 7) is 1.53. The lowest BCUT2D eigenvalue weighted by Gasteiger charge is -1.82. The first-order chi connectivity index (χ1) is 7.61. The Balaban J connectivity index is 0.000000160. The number of hydrogen-bond donors (Lipinski definition) is 3. The number of Topliss-reactive ketones (excluding diaryl/α,β-unsaturated/α-hetero) is 1. The topological polar surface area (TPSA) is 91.7 Å². The average Bonchev–Trinajstić information content (AvgIpc) is 2.93. The first-order valence-electron chi connectivity index (χ1n) is 4.68. The Morgan fingerprint density at radius 3 is 1.75 bits per heavy atom. The number of carbonyl (C=O) groups excluding carboxylic acids is 2. The maximum absolute atomic E-state index is 10.5. The second kappa shape index (κ2) is 5.55. The molecule has 0 radical (unpaired) electrons. The lowest BCUT2D eigenvalue weighted by atomic mass is 10.3. The van der Waals surface area contributed by atoms with Gasteiger partial charge in [0.1, 0.15) is 5.69 Å². The predicted molar refractivity (Wildman–Crippen MR) is 60.1 cm³/mol. The molecule has 4 N–H and O–H groups in total. The molecule has 2 heterocycles. The number of rotatable bonds is 2. The first kappa shape index (κ1) is 11.8. The van der Waals surface area contributed by atoms with E-state index >= 15 is 0 Å². The number of amides is 1. The molecule has 1 amide bonds. The van der Waals surface area contributed by atoms with Crippen LogP contribution in [0.5, 0.6) is 0 Å². The number of hydrogen-bond acceptors (Lipinski definition) is 2. The van der Waals surface area contributed by atoms with Gasteiger partial charge in [0, 0.05) is 19.3 Å². The van der Waals surface area contributed by atoms with Crippen LogP contribution < -0.4 is 5.73 Å². The summed E-state index contributed by atoms with van der Waals surface area (Å²) in [7, 11) is 0. The van der Waals surface area contributed by atoms with E-state index in [9.17, 15) is 9.59 Å². The zero-order valence-corrected chi connectivity index (χ0v) is 8.86. The summed E-state index contributed by atoms with van der Waals surface area (Å²) in [4.78, 5) is 26.2. The minimum atomic E-state index is -0.421. The van der Waals surface area contributed by atoms with Gasteiger partial charge in [-0.15, -0.1) is 0 Å². The molecule has 16 heavy (non-hydrogen) atoms. The van der Waals surface area contributed by atoms with Gasteiger partial charge in [0.05, 0.1) is 5.69 Å². The van der Waals surface area contributed by atoms with E-state index in [4.69, 9.17) is 5.73 Å². The molecule has 0 fully saturated rings. The highest BCUT2D eigenvalue weighted by Gasteiger charge is 1.95. The molecular weight excluding hydrogens is 206 g/mol. The third-order valence-corrected chi connectivity index (χ3v) is 1.84. The second-order valence-electron chi connectivity index (χ2n) is 3.09. The van der Waals surface area contributed by atoms with Crippen molar-refractivity contribution in [2.45, 2.75) is 6.92 Å². The van der Waals surface area contributed by atoms with E-state index in [0.717, 1.165) is 0 Å². The van der Waals surface area contributed by atoms with E-state index in [-0.39, 0.29) is 5.78 Å². The molecule has 0 saturated heterocycles. The van der Waals surface area contributed by atoms with E-state index in [1.165, 1.54) is 6.92 Å². The van der Waals surface area contributed by atoms with Crippen LogP contribution in [0.25, 0.3) is 0 Å². The summed E-state index contributed by atoms with van der Waals surface area (Å²) in [5, 5.41) is 0. The summed E-state index contributed by atoms with van der Waals surface area (Å²) >= 11 is 0. The predicted octanol–water partition coefficient (Wildman–Crippen LogP) is 1.33. The van der Waals surface area contributed by atoms with Crippen LogP contribution in [0.3, 0.4) is 0 Å². The van der Waals surface area contributed by atoms with Crippen LogP contribution in [0.2, 0.25) is 0 Å². The van der Waals surface area contributed by atoms with Crippen molar-refractivity contribution in [3.05, 3.63) is 48.0 Å². The minimum Gasteiger partial charge on any atom is -0.364 e. The van der Waals surface area contributed by atoms with Crippen LogP contribution in [-0.2, 0) is 0 Å². The Kier molecular flexibility index (Phi) is 4.08. The summed E-state index contributed by atoms with van der Waals surface area (Å²) in [6, 6.07) is 6.90. The number of aromatic nitrogens is 2. The fourth-order valence-corrected chi connectivity index (χ4v) is 1.03. The lowest BCUT2D eigenvalue weighted by Crippen LogP contribution is -2.10. The molecule has 0 aliphatic heterocycles. The number of primary amides is 1. The van der Waals surface area contributed by atoms with Crippen LogP contribution in [0, 0.1) is 0 Å². The Bertz CT molecular complexity index is 399. The molecule has 2 rings (SSSR count). The van der Waals surface area contributed by atoms with Gasteiger partial charge in [-0.25, -0.2) is 0 Å². The third kappa shape index (κ3) is 3.45. The van der Waals surface area contributed by atoms with Gasteiger partial charge in [-0.3, -0.25) is 9.59 Å². The zero-order valence-electron chi connectivity index (χ0n) is 8.86. The van der Waals surface area contributed by atoms with E-state index < -0.39 is 5.91 Å². The summed E-state index contributed by atoms with van der Waals surface area (Å²) in [5.74, 6) is -0.343. The molecule has 0 aromatic carbocycles. The quantitative estimate of drug-likeness (QED) is 0.665. The molecule has 0 saturated carbocycles. The highest BCUT2D eigenvalue weighted by atomic mass is 16.1. The number of carbonyl (C=O) groups is 2. The molecule has 0 aliphatic rings.